The molecule has 1 aliphatic rings. The lowest BCUT2D eigenvalue weighted by Gasteiger charge is -2.27. The van der Waals surface area contributed by atoms with E-state index in [1.54, 1.807) is 12.4 Å². The van der Waals surface area contributed by atoms with Crippen molar-refractivity contribution in [3.05, 3.63) is 42.5 Å². The first-order valence-electron chi connectivity index (χ1n) is 10.2. The Morgan fingerprint density at radius 3 is 2.39 bits per heavy atom. The molecule has 4 aromatic rings. The SMILES string of the molecule is CC(C)c1nc2ccccc2n1-c1nc(-c2cnc(N)nc2)nc(N2CCOCC2)n1. The molecule has 0 unspecified atom stereocenters. The molecule has 1 aromatic carbocycles. The van der Waals surface area contributed by atoms with Crippen molar-refractivity contribution in [2.45, 2.75) is 19.8 Å². The van der Waals surface area contributed by atoms with E-state index in [2.05, 4.69) is 28.7 Å². The van der Waals surface area contributed by atoms with Gasteiger partial charge in [0.25, 0.3) is 0 Å². The van der Waals surface area contributed by atoms with E-state index in [1.165, 1.54) is 0 Å². The highest BCUT2D eigenvalue weighted by molar-refractivity contribution is 5.78. The van der Waals surface area contributed by atoms with Gasteiger partial charge in [0, 0.05) is 31.4 Å². The fourth-order valence-electron chi connectivity index (χ4n) is 3.58. The molecular formula is C21H23N9O. The summed E-state index contributed by atoms with van der Waals surface area (Å²) in [5.41, 5.74) is 8.18. The van der Waals surface area contributed by atoms with Crippen LogP contribution in [-0.4, -0.2) is 60.8 Å². The van der Waals surface area contributed by atoms with Crippen molar-refractivity contribution in [2.75, 3.05) is 36.9 Å². The summed E-state index contributed by atoms with van der Waals surface area (Å²) in [6.07, 6.45) is 3.25. The summed E-state index contributed by atoms with van der Waals surface area (Å²) in [6, 6.07) is 7.99. The number of hydrogen-bond donors (Lipinski definition) is 1. The number of hydrogen-bond acceptors (Lipinski definition) is 9. The number of para-hydroxylation sites is 2. The Morgan fingerprint density at radius 1 is 0.935 bits per heavy atom. The first-order valence-corrected chi connectivity index (χ1v) is 10.2. The Balaban J connectivity index is 1.73. The van der Waals surface area contributed by atoms with Crippen molar-refractivity contribution in [1.82, 2.24) is 34.5 Å². The van der Waals surface area contributed by atoms with E-state index < -0.39 is 0 Å². The average molecular weight is 417 g/mol. The van der Waals surface area contributed by atoms with E-state index in [9.17, 15) is 0 Å². The fourth-order valence-corrected chi connectivity index (χ4v) is 3.58. The van der Waals surface area contributed by atoms with Crippen LogP contribution in [0, 0.1) is 0 Å². The summed E-state index contributed by atoms with van der Waals surface area (Å²) in [5, 5.41) is 0. The predicted octanol–water partition coefficient (Wildman–Crippen LogP) is 2.21. The third kappa shape index (κ3) is 3.66. The maximum atomic E-state index is 5.66. The van der Waals surface area contributed by atoms with Gasteiger partial charge in [-0.15, -0.1) is 0 Å². The number of fused-ring (bicyclic) bond motifs is 1. The van der Waals surface area contributed by atoms with Gasteiger partial charge in [-0.3, -0.25) is 4.57 Å². The predicted molar refractivity (Wildman–Crippen MR) is 117 cm³/mol. The number of ether oxygens (including phenoxy) is 1. The van der Waals surface area contributed by atoms with Crippen LogP contribution in [0.1, 0.15) is 25.6 Å². The van der Waals surface area contributed by atoms with Crippen molar-refractivity contribution in [3.8, 4) is 17.3 Å². The van der Waals surface area contributed by atoms with E-state index >= 15 is 0 Å². The van der Waals surface area contributed by atoms with Gasteiger partial charge in [0.2, 0.25) is 17.8 Å². The van der Waals surface area contributed by atoms with Crippen LogP contribution in [0.2, 0.25) is 0 Å². The van der Waals surface area contributed by atoms with Gasteiger partial charge >= 0.3 is 0 Å². The molecule has 2 N–H and O–H groups in total. The number of nitrogens with two attached hydrogens (primary N) is 1. The van der Waals surface area contributed by atoms with Crippen molar-refractivity contribution >= 4 is 22.9 Å². The fraction of sp³-hybridized carbons (Fsp3) is 0.333. The lowest BCUT2D eigenvalue weighted by Crippen LogP contribution is -2.37. The third-order valence-corrected chi connectivity index (χ3v) is 5.14. The van der Waals surface area contributed by atoms with Crippen LogP contribution in [0.4, 0.5) is 11.9 Å². The Hall–Kier alpha value is -3.66. The molecule has 0 radical (unpaired) electrons. The van der Waals surface area contributed by atoms with Gasteiger partial charge in [-0.2, -0.15) is 15.0 Å². The van der Waals surface area contributed by atoms with Gasteiger partial charge in [-0.1, -0.05) is 26.0 Å². The summed E-state index contributed by atoms with van der Waals surface area (Å²) in [5.74, 6) is 2.86. The second kappa shape index (κ2) is 7.88. The minimum Gasteiger partial charge on any atom is -0.378 e. The van der Waals surface area contributed by atoms with Gasteiger partial charge in [0.1, 0.15) is 5.82 Å². The Morgan fingerprint density at radius 2 is 1.65 bits per heavy atom. The zero-order chi connectivity index (χ0) is 21.4. The molecule has 0 amide bonds. The van der Waals surface area contributed by atoms with Crippen LogP contribution >= 0.6 is 0 Å². The number of anilines is 2. The molecular weight excluding hydrogens is 394 g/mol. The van der Waals surface area contributed by atoms with Crippen molar-refractivity contribution < 1.29 is 4.74 Å². The smallest absolute Gasteiger partial charge is 0.241 e. The molecule has 0 spiro atoms. The quantitative estimate of drug-likeness (QED) is 0.532. The topological polar surface area (TPSA) is 121 Å². The highest BCUT2D eigenvalue weighted by Crippen LogP contribution is 2.27. The molecule has 10 heteroatoms. The minimum absolute atomic E-state index is 0.180. The average Bonchev–Trinajstić information content (AvgIpc) is 3.20. The first-order chi connectivity index (χ1) is 15.1. The molecule has 4 heterocycles. The number of nitrogens with zero attached hydrogens (tertiary/aromatic N) is 8. The zero-order valence-corrected chi connectivity index (χ0v) is 17.4. The lowest BCUT2D eigenvalue weighted by molar-refractivity contribution is 0.122. The Bertz CT molecular complexity index is 1210. The minimum atomic E-state index is 0.180. The lowest BCUT2D eigenvalue weighted by atomic mass is 10.2. The Labute approximate surface area is 179 Å². The largest absolute Gasteiger partial charge is 0.378 e. The molecule has 1 fully saturated rings. The molecule has 31 heavy (non-hydrogen) atoms. The number of rotatable bonds is 4. The van der Waals surface area contributed by atoms with Crippen LogP contribution in [0.3, 0.4) is 0 Å². The maximum absolute atomic E-state index is 5.66. The summed E-state index contributed by atoms with van der Waals surface area (Å²) >= 11 is 0. The number of aromatic nitrogens is 7. The van der Waals surface area contributed by atoms with Gasteiger partial charge in [0.05, 0.1) is 29.8 Å². The van der Waals surface area contributed by atoms with Crippen molar-refractivity contribution in [1.29, 1.82) is 0 Å². The molecule has 10 nitrogen and oxygen atoms in total. The summed E-state index contributed by atoms with van der Waals surface area (Å²) < 4.78 is 7.51. The van der Waals surface area contributed by atoms with Gasteiger partial charge in [-0.25, -0.2) is 15.0 Å². The molecule has 0 bridgehead atoms. The second-order valence-corrected chi connectivity index (χ2v) is 7.64. The number of morpholine rings is 1. The van der Waals surface area contributed by atoms with Crippen LogP contribution in [0.25, 0.3) is 28.4 Å². The number of nitrogen functional groups attached to an aromatic ring is 1. The van der Waals surface area contributed by atoms with E-state index in [4.69, 9.17) is 30.4 Å². The summed E-state index contributed by atoms with van der Waals surface area (Å²) in [6.45, 7) is 6.90. The third-order valence-electron chi connectivity index (χ3n) is 5.14. The van der Waals surface area contributed by atoms with E-state index in [0.29, 0.717) is 49.6 Å². The summed E-state index contributed by atoms with van der Waals surface area (Å²) in [7, 11) is 0. The molecule has 5 rings (SSSR count). The molecule has 0 aliphatic carbocycles. The molecule has 3 aromatic heterocycles. The first kappa shape index (κ1) is 19.3. The molecule has 1 saturated heterocycles. The monoisotopic (exact) mass is 417 g/mol. The van der Waals surface area contributed by atoms with E-state index in [-0.39, 0.29) is 11.9 Å². The van der Waals surface area contributed by atoms with Gasteiger partial charge < -0.3 is 15.4 Å². The molecule has 158 valence electrons. The maximum Gasteiger partial charge on any atom is 0.241 e. The van der Waals surface area contributed by atoms with E-state index in [1.807, 2.05) is 28.8 Å². The molecule has 0 saturated carbocycles. The van der Waals surface area contributed by atoms with Crippen LogP contribution < -0.4 is 10.6 Å². The number of imidazole rings is 1. The highest BCUT2D eigenvalue weighted by Gasteiger charge is 2.22. The zero-order valence-electron chi connectivity index (χ0n) is 17.4. The van der Waals surface area contributed by atoms with E-state index in [0.717, 1.165) is 16.9 Å². The molecule has 1 aliphatic heterocycles. The van der Waals surface area contributed by atoms with Crippen LogP contribution in [-0.2, 0) is 4.74 Å². The van der Waals surface area contributed by atoms with Gasteiger partial charge in [0.15, 0.2) is 5.82 Å². The van der Waals surface area contributed by atoms with Crippen molar-refractivity contribution in [3.63, 3.8) is 0 Å². The second-order valence-electron chi connectivity index (χ2n) is 7.64. The van der Waals surface area contributed by atoms with Gasteiger partial charge in [-0.05, 0) is 12.1 Å². The number of benzene rings is 1. The van der Waals surface area contributed by atoms with Crippen LogP contribution in [0.15, 0.2) is 36.7 Å². The van der Waals surface area contributed by atoms with Crippen molar-refractivity contribution in [2.24, 2.45) is 0 Å². The normalized spacial score (nSPS) is 14.5. The standard InChI is InChI=1S/C21H23N9O/c1-13(2)18-25-15-5-3-4-6-16(15)30(18)21-27-17(14-11-23-19(22)24-12-14)26-20(28-21)29-7-9-31-10-8-29/h3-6,11-13H,7-10H2,1-2H3,(H2,22,23,24). The highest BCUT2D eigenvalue weighted by atomic mass is 16.5. The summed E-state index contributed by atoms with van der Waals surface area (Å²) in [4.78, 5) is 29.5. The van der Waals surface area contributed by atoms with Crippen LogP contribution in [0.5, 0.6) is 0 Å². The molecule has 0 atom stereocenters. The Kier molecular flexibility index (Phi) is 4.91.